The largest absolute Gasteiger partial charge is 0.477 e. The van der Waals surface area contributed by atoms with E-state index in [0.717, 1.165) is 55.2 Å². The molecule has 4 heterocycles. The molecule has 0 atom stereocenters. The molecule has 1 N–H and O–H groups in total. The number of likely N-dealkylation sites (tertiary alicyclic amines) is 1. The minimum atomic E-state index is -0.833. The Morgan fingerprint density at radius 2 is 2.25 bits per heavy atom. The highest BCUT2D eigenvalue weighted by molar-refractivity contribution is 7.14. The summed E-state index contributed by atoms with van der Waals surface area (Å²) in [6.07, 6.45) is 2.66. The number of carbonyl (C=O) groups is 1. The van der Waals surface area contributed by atoms with Gasteiger partial charge in [-0.25, -0.2) is 9.78 Å². The number of thiophene rings is 1. The van der Waals surface area contributed by atoms with Crippen molar-refractivity contribution < 1.29 is 14.6 Å². The lowest BCUT2D eigenvalue weighted by atomic mass is 9.82. The van der Waals surface area contributed by atoms with Crippen LogP contribution in [0.3, 0.4) is 0 Å². The summed E-state index contributed by atoms with van der Waals surface area (Å²) in [7, 11) is 0. The zero-order valence-electron chi connectivity index (χ0n) is 13.6. The van der Waals surface area contributed by atoms with Crippen LogP contribution in [-0.2, 0) is 23.3 Å². The molecular formula is C17H20N2O3S2. The van der Waals surface area contributed by atoms with Crippen molar-refractivity contribution in [1.82, 2.24) is 9.88 Å². The topological polar surface area (TPSA) is 62.7 Å². The van der Waals surface area contributed by atoms with Gasteiger partial charge in [-0.3, -0.25) is 4.90 Å². The summed E-state index contributed by atoms with van der Waals surface area (Å²) in [4.78, 5) is 19.9. The van der Waals surface area contributed by atoms with Crippen molar-refractivity contribution in [2.75, 3.05) is 19.7 Å². The van der Waals surface area contributed by atoms with Crippen LogP contribution in [0, 0.1) is 6.92 Å². The lowest BCUT2D eigenvalue weighted by Crippen LogP contribution is -2.45. The van der Waals surface area contributed by atoms with Crippen LogP contribution in [0.25, 0.3) is 0 Å². The fourth-order valence-electron chi connectivity index (χ4n) is 3.72. The number of ether oxygens (including phenoxy) is 1. The SMILES string of the molecule is Cc1nc(CN2CCC3(CC2)OCCc2sc(C(=O)O)cc23)cs1. The van der Waals surface area contributed by atoms with Gasteiger partial charge >= 0.3 is 5.97 Å². The van der Waals surface area contributed by atoms with E-state index in [2.05, 4.69) is 15.3 Å². The van der Waals surface area contributed by atoms with Gasteiger partial charge in [0, 0.05) is 36.3 Å². The molecule has 1 saturated heterocycles. The van der Waals surface area contributed by atoms with E-state index in [1.807, 2.05) is 13.0 Å². The number of aryl methyl sites for hydroxylation is 1. The summed E-state index contributed by atoms with van der Waals surface area (Å²) >= 11 is 3.11. The van der Waals surface area contributed by atoms with Crippen molar-refractivity contribution in [2.24, 2.45) is 0 Å². The van der Waals surface area contributed by atoms with E-state index in [1.165, 1.54) is 16.2 Å². The smallest absolute Gasteiger partial charge is 0.345 e. The predicted molar refractivity (Wildman–Crippen MR) is 94.0 cm³/mol. The lowest BCUT2D eigenvalue weighted by molar-refractivity contribution is -0.0981. The first-order chi connectivity index (χ1) is 11.6. The fraction of sp³-hybridized carbons (Fsp3) is 0.529. The van der Waals surface area contributed by atoms with Crippen LogP contribution in [0.15, 0.2) is 11.4 Å². The third-order valence-electron chi connectivity index (χ3n) is 4.93. The number of carboxylic acids is 1. The monoisotopic (exact) mass is 364 g/mol. The first-order valence-electron chi connectivity index (χ1n) is 8.19. The summed E-state index contributed by atoms with van der Waals surface area (Å²) in [6, 6.07) is 1.85. The number of aromatic carboxylic acids is 1. The van der Waals surface area contributed by atoms with E-state index in [1.54, 1.807) is 11.3 Å². The Bertz CT molecular complexity index is 760. The number of hydrogen-bond donors (Lipinski definition) is 1. The Kier molecular flexibility index (Phi) is 4.20. The summed E-state index contributed by atoms with van der Waals surface area (Å²) in [5, 5.41) is 12.5. The molecule has 4 rings (SSSR count). The molecule has 2 aromatic rings. The minimum absolute atomic E-state index is 0.285. The van der Waals surface area contributed by atoms with Crippen molar-refractivity contribution >= 4 is 28.6 Å². The molecule has 1 fully saturated rings. The van der Waals surface area contributed by atoms with Crippen LogP contribution < -0.4 is 0 Å². The van der Waals surface area contributed by atoms with Crippen LogP contribution in [0.2, 0.25) is 0 Å². The molecule has 0 aromatic carbocycles. The Hall–Kier alpha value is -1.28. The van der Waals surface area contributed by atoms with E-state index in [0.29, 0.717) is 11.5 Å². The van der Waals surface area contributed by atoms with Gasteiger partial charge in [-0.05, 0) is 31.4 Å². The van der Waals surface area contributed by atoms with Gasteiger partial charge in [0.05, 0.1) is 22.9 Å². The highest BCUT2D eigenvalue weighted by atomic mass is 32.1. The molecule has 2 aromatic heterocycles. The average molecular weight is 364 g/mol. The first kappa shape index (κ1) is 16.2. The molecule has 0 unspecified atom stereocenters. The van der Waals surface area contributed by atoms with E-state index >= 15 is 0 Å². The van der Waals surface area contributed by atoms with Crippen molar-refractivity contribution in [3.63, 3.8) is 0 Å². The fourth-order valence-corrected chi connectivity index (χ4v) is 5.39. The molecule has 0 amide bonds. The molecule has 7 heteroatoms. The van der Waals surface area contributed by atoms with Gasteiger partial charge in [-0.2, -0.15) is 0 Å². The number of carboxylic acid groups (broad SMARTS) is 1. The first-order valence-corrected chi connectivity index (χ1v) is 9.89. The lowest BCUT2D eigenvalue weighted by Gasteiger charge is -2.44. The molecule has 0 saturated carbocycles. The zero-order valence-corrected chi connectivity index (χ0v) is 15.2. The summed E-state index contributed by atoms with van der Waals surface area (Å²) in [6.45, 7) is 5.52. The molecule has 2 aliphatic rings. The Balaban J connectivity index is 1.50. The minimum Gasteiger partial charge on any atom is -0.477 e. The maximum absolute atomic E-state index is 11.3. The molecule has 128 valence electrons. The van der Waals surface area contributed by atoms with Gasteiger partial charge in [0.25, 0.3) is 0 Å². The normalized spacial score (nSPS) is 20.2. The maximum atomic E-state index is 11.3. The second kappa shape index (κ2) is 6.22. The van der Waals surface area contributed by atoms with Gasteiger partial charge in [0.1, 0.15) is 4.88 Å². The number of nitrogens with zero attached hydrogens (tertiary/aromatic N) is 2. The summed E-state index contributed by atoms with van der Waals surface area (Å²) < 4.78 is 6.20. The van der Waals surface area contributed by atoms with Gasteiger partial charge in [0.15, 0.2) is 0 Å². The molecule has 0 radical (unpaired) electrons. The average Bonchev–Trinajstić information content (AvgIpc) is 3.17. The van der Waals surface area contributed by atoms with Crippen molar-refractivity contribution in [1.29, 1.82) is 0 Å². The number of piperidine rings is 1. The van der Waals surface area contributed by atoms with Crippen LogP contribution in [0.4, 0.5) is 0 Å². The Morgan fingerprint density at radius 3 is 2.92 bits per heavy atom. The standard InChI is InChI=1S/C17H20N2O3S2/c1-11-18-12(10-23-11)9-19-5-3-17(4-6-19)13-8-15(16(20)21)24-14(13)2-7-22-17/h8,10H,2-7,9H2,1H3,(H,20,21). The second-order valence-corrected chi connectivity index (χ2v) is 8.68. The van der Waals surface area contributed by atoms with Crippen molar-refractivity contribution in [2.45, 2.75) is 38.3 Å². The van der Waals surface area contributed by atoms with Gasteiger partial charge < -0.3 is 9.84 Å². The van der Waals surface area contributed by atoms with E-state index in [4.69, 9.17) is 4.74 Å². The van der Waals surface area contributed by atoms with Gasteiger partial charge in [-0.1, -0.05) is 0 Å². The number of aromatic nitrogens is 1. The van der Waals surface area contributed by atoms with E-state index in [-0.39, 0.29) is 5.60 Å². The molecule has 24 heavy (non-hydrogen) atoms. The summed E-state index contributed by atoms with van der Waals surface area (Å²) in [5.74, 6) is -0.833. The molecule has 1 spiro atoms. The third kappa shape index (κ3) is 2.90. The Labute approximate surface area is 148 Å². The van der Waals surface area contributed by atoms with Crippen LogP contribution in [-0.4, -0.2) is 40.7 Å². The highest BCUT2D eigenvalue weighted by Crippen LogP contribution is 2.44. The van der Waals surface area contributed by atoms with Crippen molar-refractivity contribution in [3.05, 3.63) is 37.5 Å². The van der Waals surface area contributed by atoms with Gasteiger partial charge in [0.2, 0.25) is 0 Å². The van der Waals surface area contributed by atoms with E-state index in [9.17, 15) is 9.90 Å². The van der Waals surface area contributed by atoms with Crippen LogP contribution in [0.5, 0.6) is 0 Å². The zero-order chi connectivity index (χ0) is 16.7. The highest BCUT2D eigenvalue weighted by Gasteiger charge is 2.42. The molecule has 2 aliphatic heterocycles. The molecular weight excluding hydrogens is 344 g/mol. The Morgan fingerprint density at radius 1 is 1.46 bits per heavy atom. The van der Waals surface area contributed by atoms with Crippen LogP contribution >= 0.6 is 22.7 Å². The van der Waals surface area contributed by atoms with Crippen LogP contribution in [0.1, 0.15) is 43.7 Å². The summed E-state index contributed by atoms with van der Waals surface area (Å²) in [5.41, 5.74) is 1.98. The van der Waals surface area contributed by atoms with Gasteiger partial charge in [-0.15, -0.1) is 22.7 Å². The maximum Gasteiger partial charge on any atom is 0.345 e. The molecule has 0 aliphatic carbocycles. The number of hydrogen-bond acceptors (Lipinski definition) is 6. The number of rotatable bonds is 3. The second-order valence-electron chi connectivity index (χ2n) is 6.48. The van der Waals surface area contributed by atoms with E-state index < -0.39 is 5.97 Å². The molecule has 5 nitrogen and oxygen atoms in total. The third-order valence-corrected chi connectivity index (χ3v) is 6.94. The quantitative estimate of drug-likeness (QED) is 0.906. The van der Waals surface area contributed by atoms with Crippen molar-refractivity contribution in [3.8, 4) is 0 Å². The predicted octanol–water partition coefficient (Wildman–Crippen LogP) is 3.28. The number of thiazole rings is 1. The molecule has 0 bridgehead atoms. The number of fused-ring (bicyclic) bond motifs is 2.